The Hall–Kier alpha value is -3.37. The van der Waals surface area contributed by atoms with Crippen LogP contribution < -0.4 is 10.5 Å². The molecule has 0 spiro atoms. The Balaban J connectivity index is 1.72. The summed E-state index contributed by atoms with van der Waals surface area (Å²) in [4.78, 5) is 6.28. The van der Waals surface area contributed by atoms with E-state index in [4.69, 9.17) is 10.5 Å². The summed E-state index contributed by atoms with van der Waals surface area (Å²) < 4.78 is 22.1. The monoisotopic (exact) mass is 439 g/mol. The molecule has 4 aromatic rings. The van der Waals surface area contributed by atoms with Gasteiger partial charge in [0, 0.05) is 24.4 Å². The highest BCUT2D eigenvalue weighted by molar-refractivity contribution is 7.08. The Morgan fingerprint density at radius 3 is 2.77 bits per heavy atom. The van der Waals surface area contributed by atoms with E-state index in [-0.39, 0.29) is 11.5 Å². The molecular weight excluding hydrogens is 417 g/mol. The van der Waals surface area contributed by atoms with E-state index < -0.39 is 5.82 Å². The first kappa shape index (κ1) is 20.9. The van der Waals surface area contributed by atoms with E-state index in [9.17, 15) is 0 Å². The summed E-state index contributed by atoms with van der Waals surface area (Å²) in [6.07, 6.45) is 1.70. The fourth-order valence-electron chi connectivity index (χ4n) is 3.15. The SMILES string of the molecule is Cc1cc(OCCN(C)C)cc(F)c1-n1nnnc1-c1cc(-c2ccsc2)cnc1N. The van der Waals surface area contributed by atoms with E-state index in [0.717, 1.165) is 17.7 Å². The third-order valence-electron chi connectivity index (χ3n) is 4.73. The molecule has 31 heavy (non-hydrogen) atoms. The minimum absolute atomic E-state index is 0.236. The lowest BCUT2D eigenvalue weighted by atomic mass is 10.1. The van der Waals surface area contributed by atoms with Gasteiger partial charge in [0.25, 0.3) is 0 Å². The van der Waals surface area contributed by atoms with Gasteiger partial charge in [-0.15, -0.1) is 5.10 Å². The molecule has 0 saturated heterocycles. The average molecular weight is 440 g/mol. The second-order valence-corrected chi connectivity index (χ2v) is 8.09. The van der Waals surface area contributed by atoms with Crippen LogP contribution in [0.4, 0.5) is 10.2 Å². The van der Waals surface area contributed by atoms with Gasteiger partial charge in [-0.05, 0) is 71.5 Å². The molecule has 0 fully saturated rings. The first-order chi connectivity index (χ1) is 14.9. The van der Waals surface area contributed by atoms with Crippen LogP contribution in [0.15, 0.2) is 41.2 Å². The van der Waals surface area contributed by atoms with E-state index in [0.29, 0.717) is 29.3 Å². The lowest BCUT2D eigenvalue weighted by Crippen LogP contribution is -2.19. The first-order valence-electron chi connectivity index (χ1n) is 9.59. The van der Waals surface area contributed by atoms with Gasteiger partial charge in [-0.2, -0.15) is 16.0 Å². The second-order valence-electron chi connectivity index (χ2n) is 7.31. The van der Waals surface area contributed by atoms with Gasteiger partial charge in [-0.1, -0.05) is 0 Å². The minimum atomic E-state index is -0.492. The van der Waals surface area contributed by atoms with E-state index >= 15 is 4.39 Å². The van der Waals surface area contributed by atoms with Crippen molar-refractivity contribution in [1.82, 2.24) is 30.1 Å². The van der Waals surface area contributed by atoms with Crippen molar-refractivity contribution in [2.45, 2.75) is 6.92 Å². The normalized spacial score (nSPS) is 11.3. The van der Waals surface area contributed by atoms with Gasteiger partial charge in [0.15, 0.2) is 11.6 Å². The zero-order chi connectivity index (χ0) is 22.0. The van der Waals surface area contributed by atoms with Crippen molar-refractivity contribution in [2.75, 3.05) is 33.0 Å². The van der Waals surface area contributed by atoms with Crippen LogP contribution in [-0.2, 0) is 0 Å². The molecule has 10 heteroatoms. The van der Waals surface area contributed by atoms with Crippen molar-refractivity contribution in [3.05, 3.63) is 52.6 Å². The lowest BCUT2D eigenvalue weighted by Gasteiger charge is -2.14. The smallest absolute Gasteiger partial charge is 0.190 e. The van der Waals surface area contributed by atoms with Gasteiger partial charge >= 0.3 is 0 Å². The summed E-state index contributed by atoms with van der Waals surface area (Å²) >= 11 is 1.59. The number of benzene rings is 1. The highest BCUT2D eigenvalue weighted by Gasteiger charge is 2.20. The average Bonchev–Trinajstić information content (AvgIpc) is 3.40. The number of pyridine rings is 1. The molecule has 1 aromatic carbocycles. The zero-order valence-electron chi connectivity index (χ0n) is 17.4. The highest BCUT2D eigenvalue weighted by Crippen LogP contribution is 2.32. The second kappa shape index (κ2) is 8.78. The van der Waals surface area contributed by atoms with Crippen molar-refractivity contribution in [2.24, 2.45) is 0 Å². The molecule has 160 valence electrons. The third-order valence-corrected chi connectivity index (χ3v) is 5.41. The van der Waals surface area contributed by atoms with Gasteiger partial charge in [-0.25, -0.2) is 9.37 Å². The van der Waals surface area contributed by atoms with Crippen molar-refractivity contribution < 1.29 is 9.13 Å². The van der Waals surface area contributed by atoms with Gasteiger partial charge in [0.05, 0.1) is 5.56 Å². The number of nitrogens with zero attached hydrogens (tertiary/aromatic N) is 6. The molecule has 0 bridgehead atoms. The van der Waals surface area contributed by atoms with Crippen molar-refractivity contribution in [3.63, 3.8) is 0 Å². The molecule has 0 saturated carbocycles. The molecule has 3 heterocycles. The van der Waals surface area contributed by atoms with Gasteiger partial charge < -0.3 is 15.4 Å². The quantitative estimate of drug-likeness (QED) is 0.471. The van der Waals surface area contributed by atoms with Crippen molar-refractivity contribution >= 4 is 17.2 Å². The summed E-state index contributed by atoms with van der Waals surface area (Å²) in [5.74, 6) is 0.534. The maximum absolute atomic E-state index is 15.1. The molecule has 0 amide bonds. The maximum Gasteiger partial charge on any atom is 0.190 e. The van der Waals surface area contributed by atoms with Gasteiger partial charge in [0.2, 0.25) is 0 Å². The summed E-state index contributed by atoms with van der Waals surface area (Å²) in [6, 6.07) is 6.96. The number of nitrogens with two attached hydrogens (primary N) is 1. The van der Waals surface area contributed by atoms with E-state index in [1.807, 2.05) is 41.9 Å². The number of aromatic nitrogens is 5. The zero-order valence-corrected chi connectivity index (χ0v) is 18.2. The molecule has 0 atom stereocenters. The molecule has 0 radical (unpaired) electrons. The predicted octanol–water partition coefficient (Wildman–Crippen LogP) is 3.42. The molecule has 4 rings (SSSR count). The molecule has 0 aliphatic rings. The predicted molar refractivity (Wildman–Crippen MR) is 119 cm³/mol. The number of hydrogen-bond acceptors (Lipinski definition) is 8. The van der Waals surface area contributed by atoms with Crippen LogP contribution in [-0.4, -0.2) is 57.3 Å². The largest absolute Gasteiger partial charge is 0.492 e. The Morgan fingerprint density at radius 2 is 2.06 bits per heavy atom. The number of ether oxygens (including phenoxy) is 1. The highest BCUT2D eigenvalue weighted by atomic mass is 32.1. The number of nitrogen functional groups attached to an aromatic ring is 1. The van der Waals surface area contributed by atoms with Crippen LogP contribution in [0.1, 0.15) is 5.56 Å². The molecular formula is C21H22FN7OS. The van der Waals surface area contributed by atoms with E-state index in [2.05, 4.69) is 20.5 Å². The molecule has 2 N–H and O–H groups in total. The minimum Gasteiger partial charge on any atom is -0.492 e. The number of tetrazole rings is 1. The van der Waals surface area contributed by atoms with Crippen molar-refractivity contribution in [1.29, 1.82) is 0 Å². The Morgan fingerprint density at radius 1 is 1.23 bits per heavy atom. The third kappa shape index (κ3) is 4.39. The number of rotatable bonds is 7. The van der Waals surface area contributed by atoms with Crippen LogP contribution in [0.5, 0.6) is 5.75 Å². The topological polar surface area (TPSA) is 95.0 Å². The Kier molecular flexibility index (Phi) is 5.92. The molecule has 0 aliphatic carbocycles. The van der Waals surface area contributed by atoms with Crippen LogP contribution in [0, 0.1) is 12.7 Å². The number of thiophene rings is 1. The number of anilines is 1. The molecule has 3 aromatic heterocycles. The number of likely N-dealkylation sites (N-methyl/N-ethyl adjacent to an activating group) is 1. The van der Waals surface area contributed by atoms with Crippen LogP contribution in [0.25, 0.3) is 28.2 Å². The number of aryl methyl sites for hydroxylation is 1. The fraction of sp³-hybridized carbons (Fsp3) is 0.238. The van der Waals surface area contributed by atoms with Crippen LogP contribution in [0.2, 0.25) is 0 Å². The Bertz CT molecular complexity index is 1170. The number of halogens is 1. The fourth-order valence-corrected chi connectivity index (χ4v) is 3.81. The van der Waals surface area contributed by atoms with Crippen LogP contribution >= 0.6 is 11.3 Å². The molecule has 0 unspecified atom stereocenters. The van der Waals surface area contributed by atoms with Crippen molar-refractivity contribution in [3.8, 4) is 34.0 Å². The first-order valence-corrected chi connectivity index (χ1v) is 10.5. The van der Waals surface area contributed by atoms with Gasteiger partial charge in [-0.3, -0.25) is 0 Å². The molecule has 8 nitrogen and oxygen atoms in total. The van der Waals surface area contributed by atoms with Gasteiger partial charge in [0.1, 0.15) is 23.9 Å². The summed E-state index contributed by atoms with van der Waals surface area (Å²) in [6.45, 7) is 2.97. The number of hydrogen-bond donors (Lipinski definition) is 1. The summed E-state index contributed by atoms with van der Waals surface area (Å²) in [5.41, 5.74) is 9.41. The summed E-state index contributed by atoms with van der Waals surface area (Å²) in [7, 11) is 3.90. The maximum atomic E-state index is 15.1. The van der Waals surface area contributed by atoms with Crippen LogP contribution in [0.3, 0.4) is 0 Å². The Labute approximate surface area is 183 Å². The van der Waals surface area contributed by atoms with E-state index in [1.54, 1.807) is 30.5 Å². The molecule has 0 aliphatic heterocycles. The standard InChI is InChI=1S/C21H22FN7OS/c1-13-8-16(30-6-5-28(2)3)10-18(22)19(13)29-21(25-26-27-29)17-9-15(11-24-20(17)23)14-4-7-31-12-14/h4,7-12H,5-6H2,1-3H3,(H2,23,24). The lowest BCUT2D eigenvalue weighted by molar-refractivity contribution is 0.260. The van der Waals surface area contributed by atoms with E-state index in [1.165, 1.54) is 10.7 Å². The summed E-state index contributed by atoms with van der Waals surface area (Å²) in [5, 5.41) is 15.9.